The highest BCUT2D eigenvalue weighted by molar-refractivity contribution is 6.06. The maximum atomic E-state index is 12.3. The molecule has 2 N–H and O–H groups in total. The third-order valence-electron chi connectivity index (χ3n) is 3.35. The van der Waals surface area contributed by atoms with E-state index in [1.165, 1.54) is 0 Å². The molecule has 0 saturated carbocycles. The minimum absolute atomic E-state index is 0.169. The fourth-order valence-electron chi connectivity index (χ4n) is 2.26. The molecule has 1 amide bonds. The summed E-state index contributed by atoms with van der Waals surface area (Å²) in [5, 5.41) is 3.88. The lowest BCUT2D eigenvalue weighted by molar-refractivity contribution is 0.102. The first-order valence-corrected chi connectivity index (χ1v) is 6.70. The molecule has 0 saturated heterocycles. The summed E-state index contributed by atoms with van der Waals surface area (Å²) in [6.45, 7) is 2.02. The summed E-state index contributed by atoms with van der Waals surface area (Å²) in [6, 6.07) is 15.2. The third kappa shape index (κ3) is 2.74. The molecule has 0 aliphatic rings. The lowest BCUT2D eigenvalue weighted by atomic mass is 10.2. The van der Waals surface area contributed by atoms with Gasteiger partial charge in [-0.25, -0.2) is 0 Å². The first-order chi connectivity index (χ1) is 10.2. The van der Waals surface area contributed by atoms with Crippen molar-refractivity contribution in [1.29, 1.82) is 0 Å². The van der Waals surface area contributed by atoms with Crippen molar-refractivity contribution in [2.45, 2.75) is 6.92 Å². The largest absolute Gasteiger partial charge is 0.497 e. The third-order valence-corrected chi connectivity index (χ3v) is 3.35. The van der Waals surface area contributed by atoms with Gasteiger partial charge in [-0.15, -0.1) is 0 Å². The van der Waals surface area contributed by atoms with Crippen molar-refractivity contribution in [2.75, 3.05) is 12.4 Å². The van der Waals surface area contributed by atoms with Crippen LogP contribution in [0.4, 0.5) is 5.69 Å². The van der Waals surface area contributed by atoms with E-state index in [0.29, 0.717) is 17.1 Å². The molecule has 2 aromatic carbocycles. The molecular formula is C17H16N2O2. The number of hydrogen-bond acceptors (Lipinski definition) is 2. The van der Waals surface area contributed by atoms with Crippen LogP contribution < -0.4 is 10.1 Å². The highest BCUT2D eigenvalue weighted by Gasteiger charge is 2.10. The molecule has 106 valence electrons. The van der Waals surface area contributed by atoms with Crippen LogP contribution in [0.2, 0.25) is 0 Å². The minimum Gasteiger partial charge on any atom is -0.497 e. The number of aromatic nitrogens is 1. The fraction of sp³-hybridized carbons (Fsp3) is 0.118. The van der Waals surface area contributed by atoms with E-state index in [9.17, 15) is 4.79 Å². The summed E-state index contributed by atoms with van der Waals surface area (Å²) in [5.74, 6) is 0.539. The molecule has 0 aliphatic heterocycles. The molecule has 0 bridgehead atoms. The summed E-state index contributed by atoms with van der Waals surface area (Å²) in [7, 11) is 1.60. The van der Waals surface area contributed by atoms with E-state index in [1.807, 2.05) is 49.4 Å². The van der Waals surface area contributed by atoms with Crippen LogP contribution in [-0.4, -0.2) is 18.0 Å². The van der Waals surface area contributed by atoms with Gasteiger partial charge in [-0.3, -0.25) is 4.79 Å². The highest BCUT2D eigenvalue weighted by Crippen LogP contribution is 2.20. The normalized spacial score (nSPS) is 10.6. The van der Waals surface area contributed by atoms with E-state index in [0.717, 1.165) is 16.5 Å². The van der Waals surface area contributed by atoms with Crippen LogP contribution in [-0.2, 0) is 0 Å². The number of carbonyl (C=O) groups is 1. The van der Waals surface area contributed by atoms with Crippen LogP contribution in [0.3, 0.4) is 0 Å². The highest BCUT2D eigenvalue weighted by atomic mass is 16.5. The van der Waals surface area contributed by atoms with E-state index in [2.05, 4.69) is 10.3 Å². The van der Waals surface area contributed by atoms with Gasteiger partial charge in [0, 0.05) is 22.7 Å². The number of anilines is 1. The zero-order valence-corrected chi connectivity index (χ0v) is 11.9. The lowest BCUT2D eigenvalue weighted by Crippen LogP contribution is -2.12. The van der Waals surface area contributed by atoms with Crippen molar-refractivity contribution in [3.8, 4) is 5.75 Å². The smallest absolute Gasteiger partial charge is 0.272 e. The van der Waals surface area contributed by atoms with Crippen LogP contribution in [0.25, 0.3) is 10.9 Å². The molecule has 21 heavy (non-hydrogen) atoms. The molecule has 0 radical (unpaired) electrons. The molecule has 4 heteroatoms. The van der Waals surface area contributed by atoms with Crippen molar-refractivity contribution in [2.24, 2.45) is 0 Å². The Balaban J connectivity index is 1.86. The molecule has 3 rings (SSSR count). The molecular weight excluding hydrogens is 264 g/mol. The Morgan fingerprint density at radius 3 is 2.81 bits per heavy atom. The maximum Gasteiger partial charge on any atom is 0.272 e. The van der Waals surface area contributed by atoms with Gasteiger partial charge in [0.1, 0.15) is 11.4 Å². The number of hydrogen-bond donors (Lipinski definition) is 2. The Kier molecular flexibility index (Phi) is 3.36. The van der Waals surface area contributed by atoms with Crippen LogP contribution in [0.5, 0.6) is 5.75 Å². The molecule has 4 nitrogen and oxygen atoms in total. The number of methoxy groups -OCH3 is 1. The molecule has 1 aromatic heterocycles. The van der Waals surface area contributed by atoms with Crippen molar-refractivity contribution < 1.29 is 9.53 Å². The zero-order valence-electron chi connectivity index (χ0n) is 11.9. The standard InChI is InChI=1S/C17H16N2O2/c1-11-6-7-12-9-16(19-15(12)8-11)17(20)18-13-4-3-5-14(10-13)21-2/h3-10,19H,1-2H3,(H,18,20). The van der Waals surface area contributed by atoms with Crippen molar-refractivity contribution in [1.82, 2.24) is 4.98 Å². The Morgan fingerprint density at radius 2 is 2.00 bits per heavy atom. The number of amides is 1. The van der Waals surface area contributed by atoms with Gasteiger partial charge in [-0.2, -0.15) is 0 Å². The fourth-order valence-corrected chi connectivity index (χ4v) is 2.26. The van der Waals surface area contributed by atoms with Gasteiger partial charge < -0.3 is 15.0 Å². The number of fused-ring (bicyclic) bond motifs is 1. The van der Waals surface area contributed by atoms with Crippen LogP contribution in [0, 0.1) is 6.92 Å². The topological polar surface area (TPSA) is 54.1 Å². The average Bonchev–Trinajstić information content (AvgIpc) is 2.90. The van der Waals surface area contributed by atoms with Crippen LogP contribution >= 0.6 is 0 Å². The number of ether oxygens (including phenoxy) is 1. The second kappa shape index (κ2) is 5.32. The second-order valence-electron chi connectivity index (χ2n) is 4.96. The van der Waals surface area contributed by atoms with Crippen LogP contribution in [0.15, 0.2) is 48.5 Å². The number of aryl methyl sites for hydroxylation is 1. The Labute approximate surface area is 122 Å². The zero-order chi connectivity index (χ0) is 14.8. The van der Waals surface area contributed by atoms with Gasteiger partial charge in [-0.1, -0.05) is 18.2 Å². The molecule has 0 aliphatic carbocycles. The van der Waals surface area contributed by atoms with Gasteiger partial charge in [-0.05, 0) is 36.8 Å². The van der Waals surface area contributed by atoms with Gasteiger partial charge in [0.25, 0.3) is 5.91 Å². The Morgan fingerprint density at radius 1 is 1.14 bits per heavy atom. The average molecular weight is 280 g/mol. The van der Waals surface area contributed by atoms with Gasteiger partial charge in [0.05, 0.1) is 7.11 Å². The van der Waals surface area contributed by atoms with E-state index in [-0.39, 0.29) is 5.91 Å². The summed E-state index contributed by atoms with van der Waals surface area (Å²) in [4.78, 5) is 15.4. The number of H-pyrrole nitrogens is 1. The number of aromatic amines is 1. The van der Waals surface area contributed by atoms with E-state index in [1.54, 1.807) is 13.2 Å². The van der Waals surface area contributed by atoms with Crippen molar-refractivity contribution in [3.05, 3.63) is 59.8 Å². The van der Waals surface area contributed by atoms with E-state index < -0.39 is 0 Å². The molecule has 0 unspecified atom stereocenters. The molecule has 1 heterocycles. The monoisotopic (exact) mass is 280 g/mol. The quantitative estimate of drug-likeness (QED) is 0.768. The first-order valence-electron chi connectivity index (χ1n) is 6.70. The van der Waals surface area contributed by atoms with Gasteiger partial charge >= 0.3 is 0 Å². The number of rotatable bonds is 3. The molecule has 0 spiro atoms. The predicted molar refractivity (Wildman–Crippen MR) is 84.0 cm³/mol. The summed E-state index contributed by atoms with van der Waals surface area (Å²) < 4.78 is 5.14. The second-order valence-corrected chi connectivity index (χ2v) is 4.96. The van der Waals surface area contributed by atoms with Gasteiger partial charge in [0.15, 0.2) is 0 Å². The number of nitrogens with one attached hydrogen (secondary N) is 2. The minimum atomic E-state index is -0.169. The Bertz CT molecular complexity index is 805. The predicted octanol–water partition coefficient (Wildman–Crippen LogP) is 3.74. The summed E-state index contributed by atoms with van der Waals surface area (Å²) in [5.41, 5.74) is 3.36. The SMILES string of the molecule is COc1cccc(NC(=O)c2cc3ccc(C)cc3[nH]2)c1. The molecule has 3 aromatic rings. The lowest BCUT2D eigenvalue weighted by Gasteiger charge is -2.05. The first kappa shape index (κ1) is 13.2. The van der Waals surface area contributed by atoms with E-state index in [4.69, 9.17) is 4.74 Å². The maximum absolute atomic E-state index is 12.3. The summed E-state index contributed by atoms with van der Waals surface area (Å²) >= 11 is 0. The van der Waals surface area contributed by atoms with Crippen molar-refractivity contribution >= 4 is 22.5 Å². The van der Waals surface area contributed by atoms with Crippen LogP contribution in [0.1, 0.15) is 16.1 Å². The Hall–Kier alpha value is -2.75. The summed E-state index contributed by atoms with van der Waals surface area (Å²) in [6.07, 6.45) is 0. The number of benzene rings is 2. The molecule has 0 atom stereocenters. The van der Waals surface area contributed by atoms with E-state index >= 15 is 0 Å². The number of carbonyl (C=O) groups excluding carboxylic acids is 1. The van der Waals surface area contributed by atoms with Gasteiger partial charge in [0.2, 0.25) is 0 Å². The molecule has 0 fully saturated rings. The van der Waals surface area contributed by atoms with Crippen molar-refractivity contribution in [3.63, 3.8) is 0 Å².